The van der Waals surface area contributed by atoms with Gasteiger partial charge in [-0.15, -0.1) is 5.10 Å². The van der Waals surface area contributed by atoms with Gasteiger partial charge in [0, 0.05) is 17.7 Å². The van der Waals surface area contributed by atoms with Crippen molar-refractivity contribution in [1.82, 2.24) is 20.3 Å². The molecule has 1 saturated heterocycles. The van der Waals surface area contributed by atoms with E-state index < -0.39 is 0 Å². The first-order chi connectivity index (χ1) is 14.2. The molecule has 0 radical (unpaired) electrons. The predicted octanol–water partition coefficient (Wildman–Crippen LogP) is 3.05. The summed E-state index contributed by atoms with van der Waals surface area (Å²) in [7, 11) is 1.65. The first kappa shape index (κ1) is 19.1. The van der Waals surface area contributed by atoms with Crippen LogP contribution in [0.15, 0.2) is 54.7 Å². The van der Waals surface area contributed by atoms with E-state index in [0.29, 0.717) is 17.4 Å². The van der Waals surface area contributed by atoms with Crippen LogP contribution in [-0.4, -0.2) is 41.1 Å². The summed E-state index contributed by atoms with van der Waals surface area (Å²) in [6.45, 7) is 1.92. The first-order valence-electron chi connectivity index (χ1n) is 9.87. The number of nitrogens with zero attached hydrogens (tertiary/aromatic N) is 3. The zero-order valence-electron chi connectivity index (χ0n) is 16.5. The Bertz CT molecular complexity index is 964. The Labute approximate surface area is 170 Å². The second kappa shape index (κ2) is 8.87. The number of piperidine rings is 1. The molecule has 7 heteroatoms. The molecule has 1 aliphatic rings. The lowest BCUT2D eigenvalue weighted by molar-refractivity contribution is 0.102. The largest absolute Gasteiger partial charge is 0.496 e. The van der Waals surface area contributed by atoms with Crippen LogP contribution in [0.2, 0.25) is 0 Å². The van der Waals surface area contributed by atoms with Gasteiger partial charge in [-0.1, -0.05) is 35.5 Å². The normalized spacial score (nSPS) is 14.5. The predicted molar refractivity (Wildman–Crippen MR) is 111 cm³/mol. The second-order valence-corrected chi connectivity index (χ2v) is 7.21. The Morgan fingerprint density at radius 3 is 2.76 bits per heavy atom. The summed E-state index contributed by atoms with van der Waals surface area (Å²) in [5.41, 5.74) is 3.22. The van der Waals surface area contributed by atoms with Crippen molar-refractivity contribution in [2.75, 3.05) is 25.5 Å². The highest BCUT2D eigenvalue weighted by Gasteiger charge is 2.19. The summed E-state index contributed by atoms with van der Waals surface area (Å²) in [5, 5.41) is 14.5. The topological polar surface area (TPSA) is 81.1 Å². The molecule has 0 atom stereocenters. The number of aromatic nitrogens is 3. The molecule has 0 bridgehead atoms. The standard InChI is InChI=1S/C22H25N5O2/c1-29-21-8-7-18(14-17(21)13-16-5-3-2-4-6-16)24-22(28)20-15-27(26-25-20)19-9-11-23-12-10-19/h2-8,14-15,19,23H,9-13H2,1H3,(H,24,28). The molecular formula is C22H25N5O2. The number of hydrogen-bond donors (Lipinski definition) is 2. The average molecular weight is 391 g/mol. The number of benzene rings is 2. The minimum atomic E-state index is -0.263. The molecule has 0 unspecified atom stereocenters. The van der Waals surface area contributed by atoms with Crippen LogP contribution in [-0.2, 0) is 6.42 Å². The zero-order valence-corrected chi connectivity index (χ0v) is 16.5. The van der Waals surface area contributed by atoms with Gasteiger partial charge in [0.05, 0.1) is 19.3 Å². The van der Waals surface area contributed by atoms with Gasteiger partial charge in [0.1, 0.15) is 5.75 Å². The molecule has 2 heterocycles. The Kier molecular flexibility index (Phi) is 5.86. The van der Waals surface area contributed by atoms with Crippen LogP contribution in [0, 0.1) is 0 Å². The minimum absolute atomic E-state index is 0.263. The molecule has 1 aliphatic heterocycles. The molecule has 3 aromatic rings. The third kappa shape index (κ3) is 4.63. The number of nitrogens with one attached hydrogen (secondary N) is 2. The Morgan fingerprint density at radius 1 is 1.21 bits per heavy atom. The molecule has 1 amide bonds. The average Bonchev–Trinajstić information content (AvgIpc) is 3.26. The number of hydrogen-bond acceptors (Lipinski definition) is 5. The van der Waals surface area contributed by atoms with Crippen LogP contribution in [0.5, 0.6) is 5.75 Å². The monoisotopic (exact) mass is 391 g/mol. The quantitative estimate of drug-likeness (QED) is 0.675. The van der Waals surface area contributed by atoms with Crippen molar-refractivity contribution in [3.05, 3.63) is 71.5 Å². The van der Waals surface area contributed by atoms with Gasteiger partial charge in [-0.3, -0.25) is 4.79 Å². The van der Waals surface area contributed by atoms with Crippen LogP contribution < -0.4 is 15.4 Å². The van der Waals surface area contributed by atoms with E-state index in [-0.39, 0.29) is 5.91 Å². The van der Waals surface area contributed by atoms with Gasteiger partial charge < -0.3 is 15.4 Å². The van der Waals surface area contributed by atoms with Gasteiger partial charge in [-0.2, -0.15) is 0 Å². The maximum Gasteiger partial charge on any atom is 0.277 e. The number of carbonyl (C=O) groups is 1. The van der Waals surface area contributed by atoms with Crippen LogP contribution >= 0.6 is 0 Å². The number of ether oxygens (including phenoxy) is 1. The van der Waals surface area contributed by atoms with Crippen molar-refractivity contribution in [3.63, 3.8) is 0 Å². The van der Waals surface area contributed by atoms with Crippen molar-refractivity contribution in [2.24, 2.45) is 0 Å². The second-order valence-electron chi connectivity index (χ2n) is 7.21. The van der Waals surface area contributed by atoms with Crippen LogP contribution in [0.3, 0.4) is 0 Å². The number of carbonyl (C=O) groups excluding carboxylic acids is 1. The molecule has 7 nitrogen and oxygen atoms in total. The maximum absolute atomic E-state index is 12.7. The molecule has 1 fully saturated rings. The van der Waals surface area contributed by atoms with Gasteiger partial charge in [0.25, 0.3) is 5.91 Å². The van der Waals surface area contributed by atoms with Crippen molar-refractivity contribution in [1.29, 1.82) is 0 Å². The third-order valence-corrected chi connectivity index (χ3v) is 5.20. The highest BCUT2D eigenvalue weighted by Crippen LogP contribution is 2.26. The molecule has 2 aromatic carbocycles. The van der Waals surface area contributed by atoms with Crippen LogP contribution in [0.4, 0.5) is 5.69 Å². The van der Waals surface area contributed by atoms with Gasteiger partial charge in [-0.05, 0) is 49.7 Å². The zero-order chi connectivity index (χ0) is 20.1. The number of amides is 1. The van der Waals surface area contributed by atoms with E-state index in [1.165, 1.54) is 5.56 Å². The fourth-order valence-electron chi connectivity index (χ4n) is 3.64. The molecule has 29 heavy (non-hydrogen) atoms. The Morgan fingerprint density at radius 2 is 2.00 bits per heavy atom. The third-order valence-electron chi connectivity index (χ3n) is 5.20. The fraction of sp³-hybridized carbons (Fsp3) is 0.318. The van der Waals surface area contributed by atoms with E-state index in [1.807, 2.05) is 41.1 Å². The molecule has 0 saturated carbocycles. The molecular weight excluding hydrogens is 366 g/mol. The van der Waals surface area contributed by atoms with E-state index >= 15 is 0 Å². The van der Waals surface area contributed by atoms with E-state index in [0.717, 1.165) is 43.7 Å². The molecule has 4 rings (SSSR count). The highest BCUT2D eigenvalue weighted by atomic mass is 16.5. The van der Waals surface area contributed by atoms with Crippen molar-refractivity contribution < 1.29 is 9.53 Å². The first-order valence-corrected chi connectivity index (χ1v) is 9.87. The van der Waals surface area contributed by atoms with Crippen LogP contribution in [0.1, 0.15) is 40.5 Å². The summed E-state index contributed by atoms with van der Waals surface area (Å²) >= 11 is 0. The molecule has 1 aromatic heterocycles. The summed E-state index contributed by atoms with van der Waals surface area (Å²) in [5.74, 6) is 0.532. The van der Waals surface area contributed by atoms with Gasteiger partial charge in [0.2, 0.25) is 0 Å². The van der Waals surface area contributed by atoms with Crippen molar-refractivity contribution >= 4 is 11.6 Å². The van der Waals surface area contributed by atoms with Crippen LogP contribution in [0.25, 0.3) is 0 Å². The fourth-order valence-corrected chi connectivity index (χ4v) is 3.64. The van der Waals surface area contributed by atoms with E-state index in [1.54, 1.807) is 13.3 Å². The van der Waals surface area contributed by atoms with E-state index in [9.17, 15) is 4.79 Å². The number of methoxy groups -OCH3 is 1. The van der Waals surface area contributed by atoms with Gasteiger partial charge >= 0.3 is 0 Å². The minimum Gasteiger partial charge on any atom is -0.496 e. The van der Waals surface area contributed by atoms with Crippen molar-refractivity contribution in [2.45, 2.75) is 25.3 Å². The summed E-state index contributed by atoms with van der Waals surface area (Å²) in [4.78, 5) is 12.7. The summed E-state index contributed by atoms with van der Waals surface area (Å²) in [6, 6.07) is 16.1. The lowest BCUT2D eigenvalue weighted by Gasteiger charge is -2.22. The lowest BCUT2D eigenvalue weighted by atomic mass is 10.0. The molecule has 0 spiro atoms. The highest BCUT2D eigenvalue weighted by molar-refractivity contribution is 6.02. The molecule has 0 aliphatic carbocycles. The summed E-state index contributed by atoms with van der Waals surface area (Å²) < 4.78 is 7.30. The van der Waals surface area contributed by atoms with Gasteiger partial charge in [0.15, 0.2) is 5.69 Å². The Balaban J connectivity index is 1.48. The van der Waals surface area contributed by atoms with E-state index in [4.69, 9.17) is 4.74 Å². The maximum atomic E-state index is 12.7. The Hall–Kier alpha value is -3.19. The molecule has 2 N–H and O–H groups in total. The lowest BCUT2D eigenvalue weighted by Crippen LogP contribution is -2.29. The number of rotatable bonds is 6. The SMILES string of the molecule is COc1ccc(NC(=O)c2cn(C3CCNCC3)nn2)cc1Cc1ccccc1. The van der Waals surface area contributed by atoms with Crippen molar-refractivity contribution in [3.8, 4) is 5.75 Å². The smallest absolute Gasteiger partial charge is 0.277 e. The summed E-state index contributed by atoms with van der Waals surface area (Å²) in [6.07, 6.45) is 4.44. The molecule has 150 valence electrons. The number of anilines is 1. The van der Waals surface area contributed by atoms with Gasteiger partial charge in [-0.25, -0.2) is 4.68 Å². The van der Waals surface area contributed by atoms with E-state index in [2.05, 4.69) is 33.1 Å².